The Morgan fingerprint density at radius 1 is 0.703 bits per heavy atom. The molecule has 2 fully saturated rings. The number of benzene rings is 5. The molecule has 5 aromatic carbocycles. The molecule has 12 rings (SSSR count). The smallest absolute Gasteiger partial charge is 0.325 e. The number of carbonyl (C=O) groups is 10. The molecule has 39 heteroatoms. The largest absolute Gasteiger partial charge is 0.508 e. The number of hydrogen-bond donors (Lipinski definition) is 20. The average molecular weight is 1590 g/mol. The molecule has 0 aliphatic carbocycles. The molecular weight excluding hydrogens is 1510 g/mol. The number of halogens is 2. The zero-order valence-corrected chi connectivity index (χ0v) is 61.7. The van der Waals surface area contributed by atoms with Gasteiger partial charge in [-0.3, -0.25) is 47.9 Å². The van der Waals surface area contributed by atoms with Crippen molar-refractivity contribution in [3.05, 3.63) is 117 Å². The van der Waals surface area contributed by atoms with Gasteiger partial charge < -0.3 is 138 Å². The maximum atomic E-state index is 16.2. The number of rotatable bonds is 18. The second-order valence-corrected chi connectivity index (χ2v) is 28.5. The molecule has 37 nitrogen and oxygen atoms in total. The van der Waals surface area contributed by atoms with Crippen molar-refractivity contribution in [1.82, 2.24) is 47.9 Å². The molecule has 111 heavy (non-hydrogen) atoms. The lowest BCUT2D eigenvalue weighted by Crippen LogP contribution is -2.63. The summed E-state index contributed by atoms with van der Waals surface area (Å²) in [7, 11) is 1.47. The number of primary amides is 1. The molecule has 2 saturated heterocycles. The Morgan fingerprint density at radius 2 is 1.32 bits per heavy atom. The van der Waals surface area contributed by atoms with Gasteiger partial charge in [-0.15, -0.1) is 0 Å². The van der Waals surface area contributed by atoms with Gasteiger partial charge in [-0.05, 0) is 116 Å². The van der Waals surface area contributed by atoms with Crippen molar-refractivity contribution < 1.29 is 127 Å². The van der Waals surface area contributed by atoms with Crippen molar-refractivity contribution in [2.75, 3.05) is 33.4 Å². The Hall–Kier alpha value is -10.3. The molecule has 22 N–H and O–H groups in total. The van der Waals surface area contributed by atoms with Crippen LogP contribution in [0, 0.1) is 11.8 Å². The summed E-state index contributed by atoms with van der Waals surface area (Å²) in [6, 6.07) is -0.931. The highest BCUT2D eigenvalue weighted by Gasteiger charge is 2.52. The van der Waals surface area contributed by atoms with Crippen LogP contribution in [0.1, 0.15) is 112 Å². The van der Waals surface area contributed by atoms with Crippen LogP contribution in [-0.2, 0) is 66.9 Å². The number of esters is 1. The number of fused-ring (bicyclic) bond motifs is 15. The summed E-state index contributed by atoms with van der Waals surface area (Å²) in [6.45, 7) is 5.75. The third-order valence-electron chi connectivity index (χ3n) is 19.2. The van der Waals surface area contributed by atoms with Gasteiger partial charge in [0.1, 0.15) is 102 Å². The molecule has 0 aromatic heterocycles. The topological polar surface area (TPSA) is 578 Å². The van der Waals surface area contributed by atoms with E-state index in [2.05, 4.69) is 47.9 Å². The fourth-order valence-electron chi connectivity index (χ4n) is 13.0. The minimum atomic E-state index is -2.39. The number of phenols is 3. The van der Waals surface area contributed by atoms with E-state index in [9.17, 15) is 74.7 Å². The van der Waals surface area contributed by atoms with Gasteiger partial charge in [-0.1, -0.05) is 62.2 Å². The monoisotopic (exact) mass is 1590 g/mol. The number of ether oxygens (including phenoxy) is 7. The summed E-state index contributed by atoms with van der Waals surface area (Å²) in [6.07, 6.45) is -18.2. The van der Waals surface area contributed by atoms with Crippen LogP contribution >= 0.6 is 23.2 Å². The first-order valence-electron chi connectivity index (χ1n) is 34.9. The Kier molecular flexibility index (Phi) is 26.2. The normalized spacial score (nSPS) is 27.7. The summed E-state index contributed by atoms with van der Waals surface area (Å²) in [5, 5.41) is 126. The van der Waals surface area contributed by atoms with Gasteiger partial charge in [-0.25, -0.2) is 0 Å². The number of nitrogens with one attached hydrogen (secondary N) is 9. The maximum absolute atomic E-state index is 16.2. The zero-order valence-electron chi connectivity index (χ0n) is 60.2. The molecule has 0 saturated carbocycles. The molecule has 18 atom stereocenters. The van der Waals surface area contributed by atoms with Gasteiger partial charge in [0.05, 0.1) is 42.3 Å². The number of hydrogen-bond acceptors (Lipinski definition) is 28. The Bertz CT molecular complexity index is 4420. The summed E-state index contributed by atoms with van der Waals surface area (Å²) >= 11 is 14.2. The van der Waals surface area contributed by atoms with Crippen LogP contribution in [0.15, 0.2) is 78.9 Å². The molecule has 11 bridgehead atoms. The van der Waals surface area contributed by atoms with Crippen molar-refractivity contribution in [2.45, 2.75) is 157 Å². The molecule has 7 aliphatic rings. The fraction of sp³-hybridized carbons (Fsp3) is 0.444. The molecule has 0 spiro atoms. The molecule has 0 unspecified atom stereocenters. The number of aliphatic hydroxyl groups excluding tert-OH is 6. The lowest BCUT2D eigenvalue weighted by atomic mass is 9.82. The van der Waals surface area contributed by atoms with Gasteiger partial charge in [-0.2, -0.15) is 0 Å². The van der Waals surface area contributed by atoms with E-state index in [1.54, 1.807) is 13.8 Å². The van der Waals surface area contributed by atoms with Crippen molar-refractivity contribution in [3.63, 3.8) is 0 Å². The van der Waals surface area contributed by atoms with Crippen LogP contribution in [-0.4, -0.2) is 211 Å². The first-order chi connectivity index (χ1) is 52.5. The standard InChI is InChI=1S/C72H85Cl2N11O26/c1-7-105-49(92)25-78-48(91)24-79-65(99)54-35-20-33(87)21-41(89)51(35)34-15-29(8-11-40(34)88)52-66(100)85-56(69(103)83-54)58(94)31-10-13-43(37(74)17-31)107-45-19-32-18-44(61(45)111-71-62(60(96)59(95)46(26-86)108-71)109-50-23-72(5,76)28(4)70(104)110-50)106-42-12-9-30(16-36(42)73)57(93)55(84-63(97)38(77-6)14-27(2)3)68(102)80-39(22-47(75)90)64(98)81-53(32)67(101)82-52/h8-13,15-21,27-28,38-39,46,50,52-60,62,70-71,77,86-89,93-96,104H,7,14,22-26,76H2,1-6H3,(H2,75,90)(H,78,91)(H,79,99)(H,80,102)(H,81,98)(H,82,101)(H,83,103)(H,84,97)(H,85,100)/t28-,38-,39+,46+,50-,52-,53-,54-,55-,56+,57-,58-,59+,60-,62+,70-,71-,72+/m1/s1. The lowest BCUT2D eigenvalue weighted by molar-refractivity contribution is -0.348. The quantitative estimate of drug-likeness (QED) is 0.0469. The van der Waals surface area contributed by atoms with Gasteiger partial charge in [0.2, 0.25) is 65.2 Å². The SMILES string of the molecule is CCOC(=O)CNC(=O)CNC(=O)[C@@H]1NC(=O)[C@H]2NC(=O)[C@H](NC(=O)[C@@H]3NC(=O)[C@H](CC(N)=O)NC(=O)[C@H](NC(=O)[C@@H](CC(C)C)NC)[C@H](O)c4ccc(c(Cl)c4)Oc4cc3cc(c4O[C@H]3O[C@@H](CO)[C@H](O)[C@@H](O)[C@@H]3O[C@H]3C[C@](C)(N)[C@H](C)[C@H](O)O3)Oc3ccc(cc3Cl)[C@H]2O)c2ccc(O)c(c2)-c2c(O)cc(O)cc21. The second-order valence-electron chi connectivity index (χ2n) is 27.7. The van der Waals surface area contributed by atoms with Crippen LogP contribution in [0.25, 0.3) is 11.1 Å². The molecule has 598 valence electrons. The summed E-state index contributed by atoms with van der Waals surface area (Å²) < 4.78 is 43.0. The van der Waals surface area contributed by atoms with Gasteiger partial charge in [0.15, 0.2) is 30.2 Å². The van der Waals surface area contributed by atoms with Gasteiger partial charge in [0.25, 0.3) is 0 Å². The zero-order chi connectivity index (χ0) is 80.9. The predicted molar refractivity (Wildman–Crippen MR) is 384 cm³/mol. The van der Waals surface area contributed by atoms with E-state index in [4.69, 9.17) is 67.8 Å². The van der Waals surface area contributed by atoms with E-state index < -0.39 is 262 Å². The molecule has 9 amide bonds. The number of carbonyl (C=O) groups excluding carboxylic acids is 10. The van der Waals surface area contributed by atoms with Gasteiger partial charge in [0, 0.05) is 35.1 Å². The van der Waals surface area contributed by atoms with Crippen molar-refractivity contribution in [2.24, 2.45) is 23.3 Å². The lowest BCUT2D eigenvalue weighted by Gasteiger charge is -2.47. The summed E-state index contributed by atoms with van der Waals surface area (Å²) in [5.74, 6) is -18.3. The van der Waals surface area contributed by atoms with Crippen molar-refractivity contribution in [1.29, 1.82) is 0 Å². The van der Waals surface area contributed by atoms with E-state index in [-0.39, 0.29) is 52.8 Å². The number of amides is 9. The highest BCUT2D eigenvalue weighted by Crippen LogP contribution is 2.50. The average Bonchev–Trinajstić information content (AvgIpc) is 0.766. The number of aromatic hydroxyl groups is 3. The van der Waals surface area contributed by atoms with Gasteiger partial charge >= 0.3 is 5.97 Å². The van der Waals surface area contributed by atoms with Crippen molar-refractivity contribution in [3.8, 4) is 57.1 Å². The van der Waals surface area contributed by atoms with E-state index >= 15 is 19.2 Å². The van der Waals surface area contributed by atoms with Crippen LogP contribution < -0.4 is 73.5 Å². The summed E-state index contributed by atoms with van der Waals surface area (Å²) in [5.41, 5.74) is 8.21. The van der Waals surface area contributed by atoms with E-state index in [1.165, 1.54) is 26.1 Å². The predicted octanol–water partition coefficient (Wildman–Crippen LogP) is -0.978. The van der Waals surface area contributed by atoms with E-state index in [1.807, 2.05) is 13.8 Å². The third kappa shape index (κ3) is 18.9. The minimum Gasteiger partial charge on any atom is -0.508 e. The maximum Gasteiger partial charge on any atom is 0.325 e. The Balaban J connectivity index is 1.21. The minimum absolute atomic E-state index is 0.0365. The first kappa shape index (κ1) is 83.2. The third-order valence-corrected chi connectivity index (χ3v) is 19.8. The molecular formula is C72H85Cl2N11O26. The summed E-state index contributed by atoms with van der Waals surface area (Å²) in [4.78, 5) is 145. The second kappa shape index (κ2) is 35.0. The Morgan fingerprint density at radius 3 is 1.93 bits per heavy atom. The van der Waals surface area contributed by atoms with E-state index in [0.717, 1.165) is 66.7 Å². The van der Waals surface area contributed by atoms with Crippen molar-refractivity contribution >= 4 is 82.3 Å². The number of nitrogens with two attached hydrogens (primary N) is 2. The number of likely N-dealkylation sites (N-methyl/N-ethyl adjacent to an activating group) is 1. The molecule has 7 heterocycles. The highest BCUT2D eigenvalue weighted by atomic mass is 35.5. The molecule has 5 aromatic rings. The van der Waals surface area contributed by atoms with E-state index in [0.29, 0.717) is 0 Å². The van der Waals surface area contributed by atoms with Crippen LogP contribution in [0.4, 0.5) is 0 Å². The van der Waals surface area contributed by atoms with Crippen LogP contribution in [0.2, 0.25) is 10.0 Å². The number of phenolic OH excluding ortho intramolecular Hbond substituents is 3. The Labute approximate surface area is 642 Å². The molecule has 0 radical (unpaired) electrons. The van der Waals surface area contributed by atoms with Crippen LogP contribution in [0.5, 0.6) is 46.0 Å². The highest BCUT2D eigenvalue weighted by molar-refractivity contribution is 6.32. The van der Waals surface area contributed by atoms with Crippen LogP contribution in [0.3, 0.4) is 0 Å². The first-order valence-corrected chi connectivity index (χ1v) is 35.7. The number of aliphatic hydroxyl groups is 6. The fourth-order valence-corrected chi connectivity index (χ4v) is 13.5. The molecule has 7 aliphatic heterocycles.